The number of hydrogen-bond acceptors (Lipinski definition) is 4. The predicted molar refractivity (Wildman–Crippen MR) is 70.8 cm³/mol. The summed E-state index contributed by atoms with van der Waals surface area (Å²) >= 11 is 1.98. The average Bonchev–Trinajstić information content (AvgIpc) is 2.61. The number of aryl methyl sites for hydroxylation is 2. The fourth-order valence-corrected chi connectivity index (χ4v) is 1.90. The van der Waals surface area contributed by atoms with Crippen LogP contribution in [0.3, 0.4) is 0 Å². The first-order chi connectivity index (χ1) is 8.00. The Morgan fingerprint density at radius 3 is 2.59 bits per heavy atom. The number of rotatable bonds is 2. The van der Waals surface area contributed by atoms with Crippen LogP contribution in [-0.2, 0) is 13.6 Å². The Bertz CT molecular complexity index is 616. The van der Waals surface area contributed by atoms with Gasteiger partial charge in [0.05, 0.1) is 10.1 Å². The van der Waals surface area contributed by atoms with Crippen LogP contribution in [0.25, 0.3) is 0 Å². The molecule has 0 spiro atoms. The summed E-state index contributed by atoms with van der Waals surface area (Å²) in [6, 6.07) is 0. The molecular weight excluding hydrogens is 333 g/mol. The van der Waals surface area contributed by atoms with Crippen molar-refractivity contribution in [3.05, 3.63) is 37.6 Å². The van der Waals surface area contributed by atoms with E-state index in [1.165, 1.54) is 0 Å². The van der Waals surface area contributed by atoms with Crippen molar-refractivity contribution in [3.63, 3.8) is 0 Å². The molecule has 2 rings (SSSR count). The molecule has 7 heteroatoms. The largest absolute Gasteiger partial charge is 0.317 e. The highest BCUT2D eigenvalue weighted by atomic mass is 127. The zero-order valence-corrected chi connectivity index (χ0v) is 12.0. The van der Waals surface area contributed by atoms with E-state index in [0.29, 0.717) is 15.9 Å². The molecule has 90 valence electrons. The summed E-state index contributed by atoms with van der Waals surface area (Å²) in [5.41, 5.74) is -0.0428. The van der Waals surface area contributed by atoms with Gasteiger partial charge in [-0.3, -0.25) is 9.36 Å². The van der Waals surface area contributed by atoms with Crippen molar-refractivity contribution in [2.24, 2.45) is 7.05 Å². The Labute approximate surface area is 112 Å². The molecule has 2 aromatic heterocycles. The van der Waals surface area contributed by atoms with Crippen LogP contribution in [0, 0.1) is 17.4 Å². The van der Waals surface area contributed by atoms with Gasteiger partial charge in [0.2, 0.25) is 0 Å². The molecule has 0 bridgehead atoms. The van der Waals surface area contributed by atoms with Gasteiger partial charge in [0.25, 0.3) is 5.56 Å². The van der Waals surface area contributed by atoms with Crippen LogP contribution in [-0.4, -0.2) is 24.3 Å². The second kappa shape index (κ2) is 4.55. The second-order valence-corrected chi connectivity index (χ2v) is 4.93. The zero-order chi connectivity index (χ0) is 12.6. The van der Waals surface area contributed by atoms with E-state index in [-0.39, 0.29) is 5.56 Å². The van der Waals surface area contributed by atoms with Crippen molar-refractivity contribution in [2.75, 3.05) is 0 Å². The molecule has 0 aliphatic carbocycles. The van der Waals surface area contributed by atoms with Gasteiger partial charge in [-0.2, -0.15) is 0 Å². The lowest BCUT2D eigenvalue weighted by molar-refractivity contribution is 0.636. The lowest BCUT2D eigenvalue weighted by Gasteiger charge is -2.08. The quantitative estimate of drug-likeness (QED) is 0.750. The van der Waals surface area contributed by atoms with Crippen molar-refractivity contribution in [3.8, 4) is 0 Å². The highest BCUT2D eigenvalue weighted by Crippen LogP contribution is 2.03. The fraction of sp³-hybridized carbons (Fsp3) is 0.400. The van der Waals surface area contributed by atoms with Crippen LogP contribution in [0.2, 0.25) is 0 Å². The number of halogens is 1. The van der Waals surface area contributed by atoms with Gasteiger partial charge in [-0.15, -0.1) is 10.2 Å². The maximum atomic E-state index is 12.0. The van der Waals surface area contributed by atoms with Crippen LogP contribution in [0.1, 0.15) is 17.5 Å². The number of aromatic nitrogens is 5. The number of hydrogen-bond donors (Lipinski definition) is 0. The smallest absolute Gasteiger partial charge is 0.267 e. The highest BCUT2D eigenvalue weighted by molar-refractivity contribution is 14.1. The first kappa shape index (κ1) is 12.2. The van der Waals surface area contributed by atoms with E-state index in [4.69, 9.17) is 0 Å². The van der Waals surface area contributed by atoms with E-state index >= 15 is 0 Å². The summed E-state index contributed by atoms with van der Waals surface area (Å²) in [7, 11) is 1.88. The van der Waals surface area contributed by atoms with Gasteiger partial charge in [-0.05, 0) is 36.4 Å². The van der Waals surface area contributed by atoms with Gasteiger partial charge in [0.15, 0.2) is 5.82 Å². The van der Waals surface area contributed by atoms with Crippen LogP contribution in [0.4, 0.5) is 0 Å². The lowest BCUT2D eigenvalue weighted by Crippen LogP contribution is -2.27. The molecule has 2 aromatic rings. The summed E-state index contributed by atoms with van der Waals surface area (Å²) < 4.78 is 4.07. The maximum Gasteiger partial charge on any atom is 0.267 e. The van der Waals surface area contributed by atoms with E-state index in [1.807, 2.05) is 41.1 Å². The van der Waals surface area contributed by atoms with Crippen molar-refractivity contribution in [1.82, 2.24) is 24.3 Å². The van der Waals surface area contributed by atoms with Gasteiger partial charge in [0, 0.05) is 13.2 Å². The molecule has 0 saturated carbocycles. The number of nitrogens with zero attached hydrogens (tertiary/aromatic N) is 5. The summed E-state index contributed by atoms with van der Waals surface area (Å²) in [5, 5.41) is 8.01. The molecule has 6 nitrogen and oxygen atoms in total. The van der Waals surface area contributed by atoms with Crippen LogP contribution >= 0.6 is 22.6 Å². The zero-order valence-electron chi connectivity index (χ0n) is 9.81. The molecule has 2 heterocycles. The van der Waals surface area contributed by atoms with E-state index in [2.05, 4.69) is 15.2 Å². The third kappa shape index (κ3) is 2.24. The first-order valence-corrected chi connectivity index (χ1v) is 6.15. The molecule has 0 aliphatic heterocycles. The Morgan fingerprint density at radius 1 is 1.29 bits per heavy atom. The molecule has 0 aliphatic rings. The third-order valence-electron chi connectivity index (χ3n) is 2.69. The minimum absolute atomic E-state index is 0.0428. The Balaban J connectivity index is 2.47. The van der Waals surface area contributed by atoms with Crippen molar-refractivity contribution in [1.29, 1.82) is 0 Å². The summed E-state index contributed by atoms with van der Waals surface area (Å²) in [5.74, 6) is 2.25. The Morgan fingerprint density at radius 2 is 2.00 bits per heavy atom. The van der Waals surface area contributed by atoms with Crippen molar-refractivity contribution >= 4 is 22.6 Å². The highest BCUT2D eigenvalue weighted by Gasteiger charge is 2.10. The minimum Gasteiger partial charge on any atom is -0.317 e. The van der Waals surface area contributed by atoms with Gasteiger partial charge in [-0.1, -0.05) is 0 Å². The third-order valence-corrected chi connectivity index (χ3v) is 3.43. The monoisotopic (exact) mass is 345 g/mol. The van der Waals surface area contributed by atoms with Crippen LogP contribution < -0.4 is 5.56 Å². The van der Waals surface area contributed by atoms with Gasteiger partial charge in [-0.25, -0.2) is 4.98 Å². The molecule has 0 radical (unpaired) electrons. The molecule has 0 N–H and O–H groups in total. The normalized spacial score (nSPS) is 10.8. The van der Waals surface area contributed by atoms with Gasteiger partial charge in [0.1, 0.15) is 11.6 Å². The standard InChI is InChI=1S/C10H12IN5O/c1-6-12-4-8(11)10(17)16(6)5-9-14-13-7(2)15(9)3/h4H,5H2,1-3H3. The fourth-order valence-electron chi connectivity index (χ4n) is 1.47. The summed E-state index contributed by atoms with van der Waals surface area (Å²) in [6.07, 6.45) is 1.58. The Kier molecular flexibility index (Phi) is 3.27. The summed E-state index contributed by atoms with van der Waals surface area (Å²) in [6.45, 7) is 4.08. The molecular formula is C10H12IN5O. The first-order valence-electron chi connectivity index (χ1n) is 5.07. The molecule has 0 amide bonds. The van der Waals surface area contributed by atoms with Gasteiger partial charge >= 0.3 is 0 Å². The maximum absolute atomic E-state index is 12.0. The minimum atomic E-state index is -0.0428. The SMILES string of the molecule is Cc1nnc(Cn2c(C)ncc(I)c2=O)n1C. The van der Waals surface area contributed by atoms with E-state index < -0.39 is 0 Å². The average molecular weight is 345 g/mol. The van der Waals surface area contributed by atoms with Crippen molar-refractivity contribution < 1.29 is 0 Å². The lowest BCUT2D eigenvalue weighted by atomic mass is 10.5. The van der Waals surface area contributed by atoms with Crippen LogP contribution in [0.15, 0.2) is 11.0 Å². The van der Waals surface area contributed by atoms with E-state index in [0.717, 1.165) is 11.6 Å². The molecule has 0 saturated heterocycles. The molecule has 0 fully saturated rings. The second-order valence-electron chi connectivity index (χ2n) is 3.77. The van der Waals surface area contributed by atoms with Crippen molar-refractivity contribution in [2.45, 2.75) is 20.4 Å². The summed E-state index contributed by atoms with van der Waals surface area (Å²) in [4.78, 5) is 16.1. The molecule has 17 heavy (non-hydrogen) atoms. The molecule has 0 unspecified atom stereocenters. The Hall–Kier alpha value is -1.25. The topological polar surface area (TPSA) is 65.6 Å². The predicted octanol–water partition coefficient (Wildman–Crippen LogP) is 0.642. The molecule has 0 aromatic carbocycles. The van der Waals surface area contributed by atoms with Crippen LogP contribution in [0.5, 0.6) is 0 Å². The van der Waals surface area contributed by atoms with E-state index in [1.54, 1.807) is 17.7 Å². The van der Waals surface area contributed by atoms with Gasteiger partial charge < -0.3 is 4.57 Å². The van der Waals surface area contributed by atoms with E-state index in [9.17, 15) is 4.79 Å². The molecule has 0 atom stereocenters.